The average Bonchev–Trinajstić information content (AvgIpc) is 2.26. The number of hydrogen-bond acceptors (Lipinski definition) is 3. The summed E-state index contributed by atoms with van der Waals surface area (Å²) in [6.45, 7) is 2.09. The number of nitrogens with two attached hydrogens (primary N) is 1. The summed E-state index contributed by atoms with van der Waals surface area (Å²) in [5.74, 6) is -0.0331. The maximum Gasteiger partial charge on any atom is 0.251 e. The second kappa shape index (κ2) is 4.52. The van der Waals surface area contributed by atoms with Gasteiger partial charge in [0.25, 0.3) is 5.91 Å². The lowest BCUT2D eigenvalue weighted by atomic mass is 9.78. The minimum atomic E-state index is -0.0331. The molecule has 98 valence electrons. The van der Waals surface area contributed by atoms with E-state index < -0.39 is 0 Å². The maximum absolute atomic E-state index is 12.1. The molecule has 0 aromatic heterocycles. The molecule has 0 saturated heterocycles. The van der Waals surface area contributed by atoms with Gasteiger partial charge in [-0.2, -0.15) is 0 Å². The van der Waals surface area contributed by atoms with Gasteiger partial charge in [-0.3, -0.25) is 4.79 Å². The van der Waals surface area contributed by atoms with Crippen molar-refractivity contribution in [1.29, 1.82) is 0 Å². The number of anilines is 2. The van der Waals surface area contributed by atoms with E-state index >= 15 is 0 Å². The number of nitrogens with one attached hydrogen (secondary N) is 1. The van der Waals surface area contributed by atoms with Gasteiger partial charge in [-0.25, -0.2) is 0 Å². The molecule has 0 radical (unpaired) electrons. The molecule has 3 N–H and O–H groups in total. The average molecular weight is 247 g/mol. The van der Waals surface area contributed by atoms with E-state index in [-0.39, 0.29) is 11.4 Å². The predicted octanol–water partition coefficient (Wildman–Crippen LogP) is 2.01. The van der Waals surface area contributed by atoms with Gasteiger partial charge in [0, 0.05) is 25.2 Å². The number of hydrogen-bond donors (Lipinski definition) is 2. The van der Waals surface area contributed by atoms with Crippen molar-refractivity contribution in [2.24, 2.45) is 0 Å². The highest BCUT2D eigenvalue weighted by Gasteiger charge is 2.33. The Morgan fingerprint density at radius 1 is 1.39 bits per heavy atom. The van der Waals surface area contributed by atoms with E-state index in [1.165, 1.54) is 6.42 Å². The Morgan fingerprint density at radius 3 is 2.50 bits per heavy atom. The summed E-state index contributed by atoms with van der Waals surface area (Å²) in [6, 6.07) is 5.45. The fraction of sp³-hybridized carbons (Fsp3) is 0.500. The van der Waals surface area contributed by atoms with Crippen LogP contribution in [-0.2, 0) is 0 Å². The largest absolute Gasteiger partial charge is 0.397 e. The second-order valence-electron chi connectivity index (χ2n) is 5.54. The first-order valence-corrected chi connectivity index (χ1v) is 6.31. The third-order valence-electron chi connectivity index (χ3n) is 3.64. The van der Waals surface area contributed by atoms with Gasteiger partial charge in [0.05, 0.1) is 11.4 Å². The molecule has 0 heterocycles. The molecule has 1 amide bonds. The molecule has 1 aromatic rings. The van der Waals surface area contributed by atoms with Crippen LogP contribution in [0.25, 0.3) is 0 Å². The molecule has 18 heavy (non-hydrogen) atoms. The molecule has 2 rings (SSSR count). The number of carbonyl (C=O) groups is 1. The summed E-state index contributed by atoms with van der Waals surface area (Å²) >= 11 is 0. The molecule has 0 bridgehead atoms. The van der Waals surface area contributed by atoms with E-state index in [4.69, 9.17) is 5.73 Å². The Hall–Kier alpha value is -1.71. The molecule has 4 nitrogen and oxygen atoms in total. The molecule has 1 saturated carbocycles. The third-order valence-corrected chi connectivity index (χ3v) is 3.64. The molecule has 1 aromatic carbocycles. The Morgan fingerprint density at radius 2 is 2.06 bits per heavy atom. The van der Waals surface area contributed by atoms with E-state index in [0.29, 0.717) is 11.3 Å². The van der Waals surface area contributed by atoms with Crippen LogP contribution in [0.15, 0.2) is 18.2 Å². The monoisotopic (exact) mass is 247 g/mol. The standard InChI is InChI=1S/C14H21N3O/c1-14(7-4-8-14)16-13(18)10-5-6-12(17(2)3)11(15)9-10/h5-6,9H,4,7-8,15H2,1-3H3,(H,16,18). The minimum absolute atomic E-state index is 0.0218. The summed E-state index contributed by atoms with van der Waals surface area (Å²) in [6.07, 6.45) is 3.31. The Balaban J connectivity index is 2.13. The van der Waals surface area contributed by atoms with Gasteiger partial charge in [0.1, 0.15) is 0 Å². The SMILES string of the molecule is CN(C)c1ccc(C(=O)NC2(C)CCC2)cc1N. The number of rotatable bonds is 3. The van der Waals surface area contributed by atoms with Crippen LogP contribution in [-0.4, -0.2) is 25.5 Å². The van der Waals surface area contributed by atoms with E-state index in [1.54, 1.807) is 6.07 Å². The number of carbonyl (C=O) groups excluding carboxylic acids is 1. The minimum Gasteiger partial charge on any atom is -0.397 e. The van der Waals surface area contributed by atoms with Crippen LogP contribution in [0.3, 0.4) is 0 Å². The predicted molar refractivity (Wildman–Crippen MR) is 74.9 cm³/mol. The van der Waals surface area contributed by atoms with Gasteiger partial charge in [-0.1, -0.05) is 0 Å². The van der Waals surface area contributed by atoms with Gasteiger partial charge in [-0.05, 0) is 44.4 Å². The fourth-order valence-electron chi connectivity index (χ4n) is 2.28. The molecule has 0 spiro atoms. The number of nitrogen functional groups attached to an aromatic ring is 1. The van der Waals surface area contributed by atoms with Gasteiger partial charge in [0.15, 0.2) is 0 Å². The lowest BCUT2D eigenvalue weighted by Crippen LogP contribution is -2.50. The first-order valence-electron chi connectivity index (χ1n) is 6.31. The van der Waals surface area contributed by atoms with Gasteiger partial charge >= 0.3 is 0 Å². The zero-order valence-corrected chi connectivity index (χ0v) is 11.3. The first-order chi connectivity index (χ1) is 8.41. The summed E-state index contributed by atoms with van der Waals surface area (Å²) in [4.78, 5) is 14.0. The Bertz CT molecular complexity index is 464. The van der Waals surface area contributed by atoms with Crippen LogP contribution in [0.2, 0.25) is 0 Å². The molecule has 0 aliphatic heterocycles. The number of benzene rings is 1. The molecule has 4 heteroatoms. The van der Waals surface area contributed by atoms with Crippen LogP contribution in [0.1, 0.15) is 36.5 Å². The summed E-state index contributed by atoms with van der Waals surface area (Å²) in [5, 5.41) is 3.08. The van der Waals surface area contributed by atoms with Crippen molar-refractivity contribution in [3.05, 3.63) is 23.8 Å². The van der Waals surface area contributed by atoms with Crippen molar-refractivity contribution in [2.75, 3.05) is 24.7 Å². The van der Waals surface area contributed by atoms with Crippen molar-refractivity contribution < 1.29 is 4.79 Å². The van der Waals surface area contributed by atoms with Crippen LogP contribution in [0, 0.1) is 0 Å². The van der Waals surface area contributed by atoms with E-state index in [2.05, 4.69) is 12.2 Å². The highest BCUT2D eigenvalue weighted by Crippen LogP contribution is 2.31. The summed E-state index contributed by atoms with van der Waals surface area (Å²) in [5.41, 5.74) is 8.12. The van der Waals surface area contributed by atoms with Crippen molar-refractivity contribution >= 4 is 17.3 Å². The van der Waals surface area contributed by atoms with E-state index in [0.717, 1.165) is 18.5 Å². The fourth-order valence-corrected chi connectivity index (χ4v) is 2.28. The Labute approximate surface area is 108 Å². The smallest absolute Gasteiger partial charge is 0.251 e. The van der Waals surface area contributed by atoms with Crippen LogP contribution in [0.5, 0.6) is 0 Å². The van der Waals surface area contributed by atoms with Crippen LogP contribution >= 0.6 is 0 Å². The number of amides is 1. The van der Waals surface area contributed by atoms with Crippen molar-refractivity contribution in [2.45, 2.75) is 31.7 Å². The Kier molecular flexibility index (Phi) is 3.20. The molecular weight excluding hydrogens is 226 g/mol. The molecule has 1 aliphatic rings. The van der Waals surface area contributed by atoms with Crippen molar-refractivity contribution in [1.82, 2.24) is 5.32 Å². The molecule has 1 aliphatic carbocycles. The maximum atomic E-state index is 12.1. The van der Waals surface area contributed by atoms with E-state index in [1.807, 2.05) is 31.1 Å². The molecule has 0 unspecified atom stereocenters. The molecular formula is C14H21N3O. The topological polar surface area (TPSA) is 58.4 Å². The zero-order valence-electron chi connectivity index (χ0n) is 11.3. The highest BCUT2D eigenvalue weighted by molar-refractivity contribution is 5.96. The van der Waals surface area contributed by atoms with Crippen LogP contribution in [0.4, 0.5) is 11.4 Å². The highest BCUT2D eigenvalue weighted by atomic mass is 16.1. The lowest BCUT2D eigenvalue weighted by molar-refractivity contribution is 0.0850. The summed E-state index contributed by atoms with van der Waals surface area (Å²) in [7, 11) is 3.86. The van der Waals surface area contributed by atoms with Crippen LogP contribution < -0.4 is 16.0 Å². The lowest BCUT2D eigenvalue weighted by Gasteiger charge is -2.39. The van der Waals surface area contributed by atoms with E-state index in [9.17, 15) is 4.79 Å². The van der Waals surface area contributed by atoms with Gasteiger partial charge < -0.3 is 16.0 Å². The van der Waals surface area contributed by atoms with Crippen molar-refractivity contribution in [3.63, 3.8) is 0 Å². The van der Waals surface area contributed by atoms with Crippen molar-refractivity contribution in [3.8, 4) is 0 Å². The van der Waals surface area contributed by atoms with Gasteiger partial charge in [-0.15, -0.1) is 0 Å². The zero-order chi connectivity index (χ0) is 13.3. The first kappa shape index (κ1) is 12.7. The van der Waals surface area contributed by atoms with Gasteiger partial charge in [0.2, 0.25) is 0 Å². The summed E-state index contributed by atoms with van der Waals surface area (Å²) < 4.78 is 0. The molecule has 1 fully saturated rings. The quantitative estimate of drug-likeness (QED) is 0.803. The number of nitrogens with zero attached hydrogens (tertiary/aromatic N) is 1. The molecule has 0 atom stereocenters. The second-order valence-corrected chi connectivity index (χ2v) is 5.54. The normalized spacial score (nSPS) is 16.8. The third kappa shape index (κ3) is 2.42.